The number of ether oxygens (including phenoxy) is 2. The molecular formula is C12H17NO4. The lowest BCUT2D eigenvalue weighted by Gasteiger charge is -2.42. The van der Waals surface area contributed by atoms with Gasteiger partial charge in [-0.25, -0.2) is 4.79 Å². The Bertz CT molecular complexity index is 369. The minimum Gasteiger partial charge on any atom is -0.458 e. The maximum atomic E-state index is 12.0. The molecule has 1 fully saturated rings. The number of carbonyl (C=O) groups is 2. The van der Waals surface area contributed by atoms with Crippen LogP contribution in [-0.2, 0) is 19.1 Å². The van der Waals surface area contributed by atoms with Gasteiger partial charge in [0.2, 0.25) is 5.91 Å². The lowest BCUT2D eigenvalue weighted by Crippen LogP contribution is -2.60. The van der Waals surface area contributed by atoms with Crippen LogP contribution in [-0.4, -0.2) is 41.3 Å². The highest BCUT2D eigenvalue weighted by Crippen LogP contribution is 2.27. The average molecular weight is 239 g/mol. The van der Waals surface area contributed by atoms with Gasteiger partial charge < -0.3 is 9.47 Å². The maximum absolute atomic E-state index is 12.0. The van der Waals surface area contributed by atoms with Gasteiger partial charge in [0.05, 0.1) is 13.0 Å². The predicted molar refractivity (Wildman–Crippen MR) is 60.0 cm³/mol. The van der Waals surface area contributed by atoms with Gasteiger partial charge in [-0.2, -0.15) is 0 Å². The molecule has 2 heterocycles. The molecule has 2 atom stereocenters. The third-order valence-corrected chi connectivity index (χ3v) is 2.60. The lowest BCUT2D eigenvalue weighted by atomic mass is 10.1. The quantitative estimate of drug-likeness (QED) is 0.386. The Morgan fingerprint density at radius 1 is 1.53 bits per heavy atom. The standard InChI is InChI=1S/C12H17NO4/c1-12(2,3)17-11(15)8-5-4-6-16-10-7-9(14)13(8)10/h4-5,8,10H,6-7H2,1-3H3/t8-,10-/m1/s1. The van der Waals surface area contributed by atoms with E-state index in [4.69, 9.17) is 9.47 Å². The summed E-state index contributed by atoms with van der Waals surface area (Å²) in [5.41, 5.74) is -0.554. The highest BCUT2D eigenvalue weighted by atomic mass is 16.6. The molecule has 0 radical (unpaired) electrons. The van der Waals surface area contributed by atoms with Crippen molar-refractivity contribution in [2.75, 3.05) is 6.61 Å². The molecule has 0 saturated carbocycles. The van der Waals surface area contributed by atoms with Gasteiger partial charge in [0.1, 0.15) is 11.8 Å². The molecule has 5 heteroatoms. The first kappa shape index (κ1) is 12.1. The number of hydrogen-bond donors (Lipinski definition) is 0. The second-order valence-electron chi connectivity index (χ2n) is 5.20. The van der Waals surface area contributed by atoms with Crippen molar-refractivity contribution in [2.45, 2.75) is 45.1 Å². The second-order valence-corrected chi connectivity index (χ2v) is 5.20. The summed E-state index contributed by atoms with van der Waals surface area (Å²) < 4.78 is 10.7. The van der Waals surface area contributed by atoms with Crippen molar-refractivity contribution >= 4 is 11.9 Å². The molecule has 0 unspecified atom stereocenters. The number of carbonyl (C=O) groups excluding carboxylic acids is 2. The number of fused-ring (bicyclic) bond motifs is 1. The molecule has 1 saturated heterocycles. The number of esters is 1. The monoisotopic (exact) mass is 239 g/mol. The minimum absolute atomic E-state index is 0.0718. The summed E-state index contributed by atoms with van der Waals surface area (Å²) in [5, 5.41) is 0. The van der Waals surface area contributed by atoms with E-state index in [9.17, 15) is 9.59 Å². The molecule has 0 aromatic heterocycles. The fraction of sp³-hybridized carbons (Fsp3) is 0.667. The van der Waals surface area contributed by atoms with E-state index in [0.717, 1.165) is 0 Å². The van der Waals surface area contributed by atoms with Crippen LogP contribution < -0.4 is 0 Å². The Morgan fingerprint density at radius 3 is 2.82 bits per heavy atom. The van der Waals surface area contributed by atoms with E-state index in [1.54, 1.807) is 32.9 Å². The Morgan fingerprint density at radius 2 is 2.24 bits per heavy atom. The first-order valence-electron chi connectivity index (χ1n) is 5.71. The summed E-state index contributed by atoms with van der Waals surface area (Å²) in [6.45, 7) is 5.83. The summed E-state index contributed by atoms with van der Waals surface area (Å²) in [6.07, 6.45) is 3.49. The van der Waals surface area contributed by atoms with Crippen molar-refractivity contribution in [2.24, 2.45) is 0 Å². The van der Waals surface area contributed by atoms with Crippen molar-refractivity contribution in [3.05, 3.63) is 12.2 Å². The largest absolute Gasteiger partial charge is 0.458 e. The maximum Gasteiger partial charge on any atom is 0.333 e. The van der Waals surface area contributed by atoms with E-state index in [1.807, 2.05) is 0 Å². The summed E-state index contributed by atoms with van der Waals surface area (Å²) in [7, 11) is 0. The molecule has 2 aliphatic rings. The number of hydrogen-bond acceptors (Lipinski definition) is 4. The molecule has 2 aliphatic heterocycles. The van der Waals surface area contributed by atoms with Crippen molar-refractivity contribution in [1.29, 1.82) is 0 Å². The molecule has 1 amide bonds. The van der Waals surface area contributed by atoms with E-state index in [1.165, 1.54) is 4.90 Å². The Balaban J connectivity index is 2.12. The molecule has 0 N–H and O–H groups in total. The van der Waals surface area contributed by atoms with Crippen LogP contribution in [0.25, 0.3) is 0 Å². The van der Waals surface area contributed by atoms with E-state index in [-0.39, 0.29) is 12.1 Å². The molecular weight excluding hydrogens is 222 g/mol. The molecule has 0 aromatic carbocycles. The van der Waals surface area contributed by atoms with Crippen LogP contribution in [0.15, 0.2) is 12.2 Å². The van der Waals surface area contributed by atoms with E-state index in [0.29, 0.717) is 13.0 Å². The Hall–Kier alpha value is -1.36. The highest BCUT2D eigenvalue weighted by Gasteiger charge is 2.45. The predicted octanol–water partition coefficient (Wildman–Crippen LogP) is 0.841. The molecule has 94 valence electrons. The van der Waals surface area contributed by atoms with Crippen LogP contribution in [0.3, 0.4) is 0 Å². The first-order chi connectivity index (χ1) is 7.88. The zero-order chi connectivity index (χ0) is 12.6. The van der Waals surface area contributed by atoms with Crippen LogP contribution in [0.1, 0.15) is 27.2 Å². The van der Waals surface area contributed by atoms with Gasteiger partial charge in [0.15, 0.2) is 6.04 Å². The van der Waals surface area contributed by atoms with Crippen molar-refractivity contribution in [3.63, 3.8) is 0 Å². The van der Waals surface area contributed by atoms with Crippen LogP contribution >= 0.6 is 0 Å². The van der Waals surface area contributed by atoms with Gasteiger partial charge in [-0.3, -0.25) is 9.69 Å². The van der Waals surface area contributed by atoms with Gasteiger partial charge in [-0.1, -0.05) is 12.2 Å². The molecule has 0 aliphatic carbocycles. The summed E-state index contributed by atoms with van der Waals surface area (Å²) in [4.78, 5) is 24.9. The molecule has 0 aromatic rings. The minimum atomic E-state index is -0.650. The zero-order valence-corrected chi connectivity index (χ0v) is 10.3. The van der Waals surface area contributed by atoms with Crippen molar-refractivity contribution < 1.29 is 19.1 Å². The van der Waals surface area contributed by atoms with Crippen LogP contribution in [0, 0.1) is 0 Å². The Labute approximate surface area is 100 Å². The third kappa shape index (κ3) is 2.49. The van der Waals surface area contributed by atoms with E-state index < -0.39 is 17.6 Å². The SMILES string of the molecule is CC(C)(C)OC(=O)[C@H]1C=CCO[C@@H]2CC(=O)N12. The third-order valence-electron chi connectivity index (χ3n) is 2.60. The molecule has 2 rings (SSSR count). The molecule has 5 nitrogen and oxygen atoms in total. The molecule has 0 spiro atoms. The number of nitrogens with zero attached hydrogens (tertiary/aromatic N) is 1. The van der Waals surface area contributed by atoms with Gasteiger partial charge in [0, 0.05) is 0 Å². The summed E-state index contributed by atoms with van der Waals surface area (Å²) in [6, 6.07) is -0.650. The second kappa shape index (κ2) is 4.14. The molecule has 17 heavy (non-hydrogen) atoms. The van der Waals surface area contributed by atoms with Gasteiger partial charge >= 0.3 is 5.97 Å². The number of amides is 1. The fourth-order valence-electron chi connectivity index (χ4n) is 1.87. The average Bonchev–Trinajstić information content (AvgIpc) is 2.33. The van der Waals surface area contributed by atoms with Crippen LogP contribution in [0.4, 0.5) is 0 Å². The summed E-state index contributed by atoms with van der Waals surface area (Å²) >= 11 is 0. The van der Waals surface area contributed by atoms with Crippen molar-refractivity contribution in [3.8, 4) is 0 Å². The van der Waals surface area contributed by atoms with Crippen molar-refractivity contribution in [1.82, 2.24) is 4.90 Å². The Kier molecular flexibility index (Phi) is 2.95. The first-order valence-corrected chi connectivity index (χ1v) is 5.71. The van der Waals surface area contributed by atoms with Gasteiger partial charge in [-0.15, -0.1) is 0 Å². The molecule has 0 bridgehead atoms. The summed E-state index contributed by atoms with van der Waals surface area (Å²) in [5.74, 6) is -0.477. The zero-order valence-electron chi connectivity index (χ0n) is 10.3. The number of β-lactam (4-membered cyclic amide) rings is 1. The van der Waals surface area contributed by atoms with E-state index >= 15 is 0 Å². The van der Waals surface area contributed by atoms with Crippen LogP contribution in [0.5, 0.6) is 0 Å². The topological polar surface area (TPSA) is 55.8 Å². The fourth-order valence-corrected chi connectivity index (χ4v) is 1.87. The number of rotatable bonds is 1. The van der Waals surface area contributed by atoms with Gasteiger partial charge in [0.25, 0.3) is 0 Å². The van der Waals surface area contributed by atoms with E-state index in [2.05, 4.69) is 0 Å². The lowest BCUT2D eigenvalue weighted by molar-refractivity contribution is -0.187. The smallest absolute Gasteiger partial charge is 0.333 e. The van der Waals surface area contributed by atoms with Gasteiger partial charge in [-0.05, 0) is 20.8 Å². The van der Waals surface area contributed by atoms with Crippen LogP contribution in [0.2, 0.25) is 0 Å². The highest BCUT2D eigenvalue weighted by molar-refractivity contribution is 5.90. The normalized spacial score (nSPS) is 28.2.